The molecule has 6 nitrogen and oxygen atoms in total. The summed E-state index contributed by atoms with van der Waals surface area (Å²) in [5.41, 5.74) is 1.04. The third-order valence-corrected chi connectivity index (χ3v) is 3.71. The van der Waals surface area contributed by atoms with E-state index in [1.807, 2.05) is 36.7 Å². The first kappa shape index (κ1) is 14.7. The Labute approximate surface area is 130 Å². The van der Waals surface area contributed by atoms with Crippen LogP contribution in [0.25, 0.3) is 0 Å². The molecule has 116 valence electrons. The van der Waals surface area contributed by atoms with Crippen LogP contribution in [0.5, 0.6) is 0 Å². The largest absolute Gasteiger partial charge is 0.378 e. The fraction of sp³-hybridized carbons (Fsp3) is 0.438. The van der Waals surface area contributed by atoms with E-state index in [1.54, 1.807) is 0 Å². The monoisotopic (exact) mass is 299 g/mol. The van der Waals surface area contributed by atoms with Gasteiger partial charge in [-0.05, 0) is 25.1 Å². The van der Waals surface area contributed by atoms with E-state index in [4.69, 9.17) is 9.72 Å². The van der Waals surface area contributed by atoms with Gasteiger partial charge in [-0.2, -0.15) is 4.98 Å². The lowest BCUT2D eigenvalue weighted by molar-refractivity contribution is 0.122. The summed E-state index contributed by atoms with van der Waals surface area (Å²) >= 11 is 0. The van der Waals surface area contributed by atoms with Crippen LogP contribution in [0.4, 0.5) is 11.8 Å². The number of hydrogen-bond donors (Lipinski definition) is 0. The van der Waals surface area contributed by atoms with Crippen LogP contribution in [-0.4, -0.2) is 47.8 Å². The van der Waals surface area contributed by atoms with Gasteiger partial charge in [-0.25, -0.2) is 4.98 Å². The fourth-order valence-electron chi connectivity index (χ4n) is 2.47. The van der Waals surface area contributed by atoms with Crippen LogP contribution in [0.2, 0.25) is 0 Å². The molecule has 0 radical (unpaired) electrons. The van der Waals surface area contributed by atoms with Crippen molar-refractivity contribution in [1.29, 1.82) is 0 Å². The summed E-state index contributed by atoms with van der Waals surface area (Å²) in [6.07, 6.45) is 3.65. The van der Waals surface area contributed by atoms with E-state index in [0.29, 0.717) is 0 Å². The Kier molecular flexibility index (Phi) is 4.80. The van der Waals surface area contributed by atoms with E-state index in [9.17, 15) is 0 Å². The molecule has 0 spiro atoms. The van der Waals surface area contributed by atoms with Gasteiger partial charge in [0.05, 0.1) is 25.5 Å². The molecule has 0 bridgehead atoms. The molecule has 1 saturated heterocycles. The second-order valence-electron chi connectivity index (χ2n) is 5.15. The molecule has 3 heterocycles. The molecule has 1 fully saturated rings. The minimum absolute atomic E-state index is 0.735. The third kappa shape index (κ3) is 3.51. The molecule has 0 amide bonds. The molecular weight excluding hydrogens is 278 g/mol. The fourth-order valence-corrected chi connectivity index (χ4v) is 2.47. The Hall–Kier alpha value is -2.21. The summed E-state index contributed by atoms with van der Waals surface area (Å²) in [5, 5.41) is 0. The van der Waals surface area contributed by atoms with E-state index >= 15 is 0 Å². The summed E-state index contributed by atoms with van der Waals surface area (Å²) in [7, 11) is 0. The van der Waals surface area contributed by atoms with Gasteiger partial charge in [-0.1, -0.05) is 6.07 Å². The van der Waals surface area contributed by atoms with E-state index in [1.165, 1.54) is 0 Å². The quantitative estimate of drug-likeness (QED) is 0.838. The SMILES string of the molecule is CCN(Cc1ccccn1)c1ccnc(N2CCOCC2)n1. The van der Waals surface area contributed by atoms with Crippen LogP contribution >= 0.6 is 0 Å². The molecular formula is C16H21N5O. The van der Waals surface area contributed by atoms with Crippen LogP contribution in [0, 0.1) is 0 Å². The molecule has 2 aromatic rings. The van der Waals surface area contributed by atoms with Crippen molar-refractivity contribution in [2.24, 2.45) is 0 Å². The molecule has 1 aliphatic rings. The van der Waals surface area contributed by atoms with Crippen LogP contribution in [0.3, 0.4) is 0 Å². The number of pyridine rings is 1. The van der Waals surface area contributed by atoms with Crippen LogP contribution < -0.4 is 9.80 Å². The van der Waals surface area contributed by atoms with Crippen molar-refractivity contribution in [3.05, 3.63) is 42.4 Å². The normalized spacial score (nSPS) is 14.9. The Balaban J connectivity index is 1.77. The van der Waals surface area contributed by atoms with Gasteiger partial charge in [0.15, 0.2) is 0 Å². The zero-order chi connectivity index (χ0) is 15.2. The van der Waals surface area contributed by atoms with Crippen molar-refractivity contribution in [1.82, 2.24) is 15.0 Å². The van der Waals surface area contributed by atoms with Gasteiger partial charge in [-0.3, -0.25) is 4.98 Å². The third-order valence-electron chi connectivity index (χ3n) is 3.71. The Morgan fingerprint density at radius 1 is 1.14 bits per heavy atom. The van der Waals surface area contributed by atoms with Gasteiger partial charge in [0, 0.05) is 32.0 Å². The number of rotatable bonds is 5. The van der Waals surface area contributed by atoms with Crippen molar-refractivity contribution in [2.45, 2.75) is 13.5 Å². The summed E-state index contributed by atoms with van der Waals surface area (Å²) in [5.74, 6) is 1.71. The summed E-state index contributed by atoms with van der Waals surface area (Å²) < 4.78 is 5.38. The number of ether oxygens (including phenoxy) is 1. The first-order chi connectivity index (χ1) is 10.9. The zero-order valence-electron chi connectivity index (χ0n) is 12.9. The number of anilines is 2. The van der Waals surface area contributed by atoms with Gasteiger partial charge < -0.3 is 14.5 Å². The van der Waals surface area contributed by atoms with Gasteiger partial charge in [-0.15, -0.1) is 0 Å². The average molecular weight is 299 g/mol. The maximum atomic E-state index is 5.38. The van der Waals surface area contributed by atoms with E-state index in [-0.39, 0.29) is 0 Å². The van der Waals surface area contributed by atoms with Crippen molar-refractivity contribution in [3.8, 4) is 0 Å². The predicted octanol–water partition coefficient (Wildman–Crippen LogP) is 1.73. The van der Waals surface area contributed by atoms with Gasteiger partial charge in [0.25, 0.3) is 0 Å². The molecule has 1 aliphatic heterocycles. The topological polar surface area (TPSA) is 54.4 Å². The molecule has 0 saturated carbocycles. The van der Waals surface area contributed by atoms with Crippen LogP contribution in [-0.2, 0) is 11.3 Å². The molecule has 0 aliphatic carbocycles. The lowest BCUT2D eigenvalue weighted by Crippen LogP contribution is -2.37. The molecule has 0 aromatic carbocycles. The van der Waals surface area contributed by atoms with E-state index < -0.39 is 0 Å². The number of hydrogen-bond acceptors (Lipinski definition) is 6. The Morgan fingerprint density at radius 2 is 2.00 bits per heavy atom. The second kappa shape index (κ2) is 7.17. The van der Waals surface area contributed by atoms with Crippen molar-refractivity contribution in [3.63, 3.8) is 0 Å². The Morgan fingerprint density at radius 3 is 2.73 bits per heavy atom. The van der Waals surface area contributed by atoms with Gasteiger partial charge in [0.1, 0.15) is 5.82 Å². The smallest absolute Gasteiger partial charge is 0.227 e. The van der Waals surface area contributed by atoms with Crippen LogP contribution in [0.15, 0.2) is 36.7 Å². The summed E-state index contributed by atoms with van der Waals surface area (Å²) in [4.78, 5) is 17.9. The van der Waals surface area contributed by atoms with Crippen molar-refractivity contribution in [2.75, 3.05) is 42.6 Å². The first-order valence-corrected chi connectivity index (χ1v) is 7.67. The van der Waals surface area contributed by atoms with Gasteiger partial charge in [0.2, 0.25) is 5.95 Å². The average Bonchev–Trinajstić information content (AvgIpc) is 2.61. The molecule has 22 heavy (non-hydrogen) atoms. The number of nitrogens with zero attached hydrogens (tertiary/aromatic N) is 5. The van der Waals surface area contributed by atoms with Crippen LogP contribution in [0.1, 0.15) is 12.6 Å². The summed E-state index contributed by atoms with van der Waals surface area (Å²) in [6, 6.07) is 7.93. The zero-order valence-corrected chi connectivity index (χ0v) is 12.9. The molecule has 6 heteroatoms. The van der Waals surface area contributed by atoms with E-state index in [0.717, 1.165) is 56.9 Å². The molecule has 2 aromatic heterocycles. The maximum absolute atomic E-state index is 5.38. The molecule has 0 N–H and O–H groups in total. The number of morpholine rings is 1. The maximum Gasteiger partial charge on any atom is 0.227 e. The van der Waals surface area contributed by atoms with Crippen molar-refractivity contribution < 1.29 is 4.74 Å². The summed E-state index contributed by atoms with van der Waals surface area (Å²) in [6.45, 7) is 6.90. The van der Waals surface area contributed by atoms with Crippen molar-refractivity contribution >= 4 is 11.8 Å². The molecule has 0 atom stereocenters. The lowest BCUT2D eigenvalue weighted by atomic mass is 10.3. The highest BCUT2D eigenvalue weighted by Crippen LogP contribution is 2.17. The molecule has 0 unspecified atom stereocenters. The van der Waals surface area contributed by atoms with E-state index in [2.05, 4.69) is 26.7 Å². The second-order valence-corrected chi connectivity index (χ2v) is 5.15. The highest BCUT2D eigenvalue weighted by Gasteiger charge is 2.15. The Bertz CT molecular complexity index is 586. The molecule has 3 rings (SSSR count). The predicted molar refractivity (Wildman–Crippen MR) is 86.0 cm³/mol. The minimum atomic E-state index is 0.735. The standard InChI is InChI=1S/C16H21N5O/c1-2-20(13-14-5-3-4-7-17-14)15-6-8-18-16(19-15)21-9-11-22-12-10-21/h3-8H,2,9-13H2,1H3. The highest BCUT2D eigenvalue weighted by atomic mass is 16.5. The highest BCUT2D eigenvalue weighted by molar-refractivity contribution is 5.44. The first-order valence-electron chi connectivity index (χ1n) is 7.67. The lowest BCUT2D eigenvalue weighted by Gasteiger charge is -2.28. The van der Waals surface area contributed by atoms with Gasteiger partial charge >= 0.3 is 0 Å². The minimum Gasteiger partial charge on any atom is -0.378 e. The number of aromatic nitrogens is 3.